The molecule has 2 aromatic carbocycles. The molecule has 0 aliphatic heterocycles. The number of benzene rings is 2. The van der Waals surface area contributed by atoms with Crippen LogP contribution in [0.15, 0.2) is 38.0 Å². The fourth-order valence-corrected chi connectivity index (χ4v) is 7.34. The molecule has 0 radical (unpaired) electrons. The van der Waals surface area contributed by atoms with Gasteiger partial charge >= 0.3 is 0 Å². The largest absolute Gasteiger partial charge is 0.494 e. The number of nitrogens with zero attached hydrogens (tertiary/aromatic N) is 3. The van der Waals surface area contributed by atoms with Crippen molar-refractivity contribution in [2.45, 2.75) is 19.6 Å². The van der Waals surface area contributed by atoms with Crippen molar-refractivity contribution in [3.05, 3.63) is 28.5 Å². The highest BCUT2D eigenvalue weighted by atomic mass is 35.5. The molecule has 19 nitrogen and oxygen atoms in total. The number of ether oxygens (including phenoxy) is 2. The van der Waals surface area contributed by atoms with E-state index in [0.717, 1.165) is 20.5 Å². The maximum absolute atomic E-state index is 12.1. The second-order valence-electron chi connectivity index (χ2n) is 7.48. The maximum atomic E-state index is 12.1. The molecular formula is C17H15Cl2N5O14S4. The first-order valence-electron chi connectivity index (χ1n) is 10.0. The molecule has 25 heteroatoms. The quantitative estimate of drug-likeness (QED) is 0.163. The van der Waals surface area contributed by atoms with Gasteiger partial charge in [0.15, 0.2) is 11.5 Å². The summed E-state index contributed by atoms with van der Waals surface area (Å²) in [5.41, 5.74) is -1.62. The van der Waals surface area contributed by atoms with Crippen LogP contribution in [0.3, 0.4) is 0 Å². The lowest BCUT2D eigenvalue weighted by atomic mass is 10.3. The third-order valence-corrected chi connectivity index (χ3v) is 9.37. The fourth-order valence-electron chi connectivity index (χ4n) is 3.29. The number of hydrogen-bond acceptors (Lipinski definition) is 15. The van der Waals surface area contributed by atoms with E-state index in [1.54, 1.807) is 0 Å². The molecule has 1 aromatic heterocycles. The lowest BCUT2D eigenvalue weighted by molar-refractivity contribution is 0.395. The smallest absolute Gasteiger partial charge is 0.298 e. The number of nitrogens with one attached hydrogen (secondary N) is 2. The van der Waals surface area contributed by atoms with Gasteiger partial charge < -0.3 is 20.1 Å². The summed E-state index contributed by atoms with van der Waals surface area (Å²) in [7, 11) is -18.9. The second-order valence-corrected chi connectivity index (χ2v) is 13.7. The maximum Gasteiger partial charge on any atom is 0.298 e. The number of rotatable bonds is 10. The lowest BCUT2D eigenvalue weighted by Gasteiger charge is -2.17. The minimum atomic E-state index is -5.23. The minimum Gasteiger partial charge on any atom is -0.494 e. The number of aromatic nitrogens is 3. The molecule has 230 valence electrons. The Bertz CT molecular complexity index is 1900. The van der Waals surface area contributed by atoms with Crippen LogP contribution < -0.4 is 20.1 Å². The number of methoxy groups -OCH3 is 2. The van der Waals surface area contributed by atoms with Crippen LogP contribution in [0.4, 0.5) is 23.3 Å². The summed E-state index contributed by atoms with van der Waals surface area (Å²) in [6, 6.07) is 0.996. The normalized spacial score (nSPS) is 12.6. The van der Waals surface area contributed by atoms with E-state index in [4.69, 9.17) is 32.7 Å². The van der Waals surface area contributed by atoms with E-state index in [0.29, 0.717) is 12.1 Å². The first-order valence-corrected chi connectivity index (χ1v) is 16.6. The van der Waals surface area contributed by atoms with Crippen molar-refractivity contribution in [3.8, 4) is 11.5 Å². The molecule has 1 heterocycles. The third kappa shape index (κ3) is 6.91. The van der Waals surface area contributed by atoms with Crippen molar-refractivity contribution in [2.75, 3.05) is 24.9 Å². The Morgan fingerprint density at radius 3 is 1.24 bits per heavy atom. The molecule has 0 atom stereocenters. The zero-order valence-corrected chi connectivity index (χ0v) is 25.1. The highest BCUT2D eigenvalue weighted by Crippen LogP contribution is 2.44. The first-order chi connectivity index (χ1) is 19.1. The lowest BCUT2D eigenvalue weighted by Crippen LogP contribution is -2.12. The van der Waals surface area contributed by atoms with Gasteiger partial charge in [-0.25, -0.2) is 9.97 Å². The molecule has 3 rings (SSSR count). The van der Waals surface area contributed by atoms with E-state index in [9.17, 15) is 51.9 Å². The van der Waals surface area contributed by atoms with E-state index in [2.05, 4.69) is 25.6 Å². The summed E-state index contributed by atoms with van der Waals surface area (Å²) in [6.07, 6.45) is 0.724. The van der Waals surface area contributed by atoms with Gasteiger partial charge in [-0.2, -0.15) is 38.7 Å². The third-order valence-electron chi connectivity index (χ3n) is 4.83. The number of anilines is 4. The van der Waals surface area contributed by atoms with Crippen LogP contribution in [-0.2, 0) is 40.5 Å². The van der Waals surface area contributed by atoms with Crippen LogP contribution in [0.2, 0.25) is 10.0 Å². The van der Waals surface area contributed by atoms with Crippen LogP contribution in [0.25, 0.3) is 0 Å². The topological polar surface area (TPSA) is 299 Å². The van der Waals surface area contributed by atoms with E-state index in [-0.39, 0.29) is 0 Å². The van der Waals surface area contributed by atoms with Crippen LogP contribution in [0.5, 0.6) is 11.5 Å². The van der Waals surface area contributed by atoms with E-state index >= 15 is 0 Å². The second kappa shape index (κ2) is 11.5. The summed E-state index contributed by atoms with van der Waals surface area (Å²) in [6.45, 7) is 0. The highest BCUT2D eigenvalue weighted by molar-refractivity contribution is 7.87. The molecule has 3 aromatic rings. The Balaban J connectivity index is 2.23. The Morgan fingerprint density at radius 2 is 0.976 bits per heavy atom. The molecule has 0 aliphatic carbocycles. The standard InChI is InChI=1S/C17H15Cl2N5O14S4/c1-37-12-8(39(25,26)27)3-6(14(10(12)18)41(31,32)33)22-16-20-5-21-17(24-16)23-7-4-9(40(28,29)30)13(38-2)11(19)15(7)42(34,35)36/h3-5H,1-2H3,(H,25,26,27)(H,28,29,30)(H,31,32,33)(H,34,35,36)(H2,20,21,22,23,24). The van der Waals surface area contributed by atoms with Crippen LogP contribution in [0.1, 0.15) is 0 Å². The van der Waals surface area contributed by atoms with Gasteiger partial charge in [0.2, 0.25) is 11.9 Å². The van der Waals surface area contributed by atoms with Gasteiger partial charge in [0, 0.05) is 0 Å². The van der Waals surface area contributed by atoms with Gasteiger partial charge in [-0.1, -0.05) is 23.2 Å². The van der Waals surface area contributed by atoms with E-state index < -0.39 is 105 Å². The van der Waals surface area contributed by atoms with Gasteiger partial charge in [-0.05, 0) is 12.1 Å². The molecule has 0 saturated heterocycles. The molecule has 0 aliphatic rings. The van der Waals surface area contributed by atoms with E-state index in [1.807, 2.05) is 0 Å². The van der Waals surface area contributed by atoms with Crippen molar-refractivity contribution in [2.24, 2.45) is 0 Å². The molecule has 0 fully saturated rings. The summed E-state index contributed by atoms with van der Waals surface area (Å²) < 4.78 is 144. The van der Waals surface area contributed by atoms with Gasteiger partial charge in [0.05, 0.1) is 25.6 Å². The summed E-state index contributed by atoms with van der Waals surface area (Å²) in [5, 5.41) is 2.47. The number of hydrogen-bond donors (Lipinski definition) is 6. The van der Waals surface area contributed by atoms with Crippen molar-refractivity contribution < 1.29 is 61.4 Å². The Labute approximate surface area is 246 Å². The molecule has 0 spiro atoms. The fraction of sp³-hybridized carbons (Fsp3) is 0.118. The molecule has 0 bridgehead atoms. The summed E-state index contributed by atoms with van der Waals surface area (Å²) in [4.78, 5) is 6.70. The molecule has 42 heavy (non-hydrogen) atoms. The van der Waals surface area contributed by atoms with Crippen molar-refractivity contribution in [1.29, 1.82) is 0 Å². The Hall–Kier alpha value is -3.13. The van der Waals surface area contributed by atoms with Gasteiger partial charge in [0.1, 0.15) is 36.0 Å². The number of halogens is 2. The highest BCUT2D eigenvalue weighted by Gasteiger charge is 2.32. The molecule has 0 unspecified atom stereocenters. The Kier molecular flexibility index (Phi) is 9.15. The van der Waals surface area contributed by atoms with Crippen molar-refractivity contribution >= 4 is 86.9 Å². The van der Waals surface area contributed by atoms with Gasteiger partial charge in [0.25, 0.3) is 40.5 Å². The van der Waals surface area contributed by atoms with Gasteiger partial charge in [-0.15, -0.1) is 0 Å². The predicted octanol–water partition coefficient (Wildman–Crippen LogP) is 1.67. The van der Waals surface area contributed by atoms with E-state index in [1.165, 1.54) is 0 Å². The summed E-state index contributed by atoms with van der Waals surface area (Å²) >= 11 is 11.9. The van der Waals surface area contributed by atoms with Crippen LogP contribution >= 0.6 is 23.2 Å². The van der Waals surface area contributed by atoms with Crippen molar-refractivity contribution in [3.63, 3.8) is 0 Å². The monoisotopic (exact) mass is 711 g/mol. The Morgan fingerprint density at radius 1 is 0.643 bits per heavy atom. The minimum absolute atomic E-state index is 0.498. The molecular weight excluding hydrogens is 697 g/mol. The average molecular weight is 713 g/mol. The SMILES string of the molecule is COc1c(S(=O)(=O)O)cc(Nc2ncnc(Nc3cc(S(=O)(=O)O)c(OC)c(Cl)c3S(=O)(=O)O)n2)c(S(=O)(=O)O)c1Cl. The molecule has 0 saturated carbocycles. The van der Waals surface area contributed by atoms with Gasteiger partial charge in [-0.3, -0.25) is 18.2 Å². The van der Waals surface area contributed by atoms with Crippen molar-refractivity contribution in [1.82, 2.24) is 15.0 Å². The first kappa shape index (κ1) is 33.4. The predicted molar refractivity (Wildman–Crippen MR) is 142 cm³/mol. The zero-order valence-electron chi connectivity index (χ0n) is 20.3. The van der Waals surface area contributed by atoms with Crippen LogP contribution in [-0.4, -0.2) is 81.1 Å². The molecule has 6 N–H and O–H groups in total. The average Bonchev–Trinajstić information content (AvgIpc) is 2.81. The summed E-state index contributed by atoms with van der Waals surface area (Å²) in [5.74, 6) is -3.00. The zero-order chi connectivity index (χ0) is 32.0. The molecule has 0 amide bonds. The van der Waals surface area contributed by atoms with Crippen LogP contribution in [0, 0.1) is 0 Å².